The Morgan fingerprint density at radius 2 is 2.05 bits per heavy atom. The molecule has 4 nitrogen and oxygen atoms in total. The molecule has 0 spiro atoms. The van der Waals surface area contributed by atoms with Crippen molar-refractivity contribution in [2.75, 3.05) is 11.9 Å². The number of aryl methyl sites for hydroxylation is 1. The molecule has 0 amide bonds. The van der Waals surface area contributed by atoms with Crippen LogP contribution in [0.5, 0.6) is 0 Å². The summed E-state index contributed by atoms with van der Waals surface area (Å²) in [5, 5.41) is 3.69. The second kappa shape index (κ2) is 4.99. The second-order valence-electron chi connectivity index (χ2n) is 6.57. The van der Waals surface area contributed by atoms with Crippen LogP contribution in [-0.2, 0) is 4.74 Å². The normalized spacial score (nSPS) is 33.0. The smallest absolute Gasteiger partial charge is 0.134 e. The Hall–Kier alpha value is -1.16. The molecule has 2 heterocycles. The van der Waals surface area contributed by atoms with Crippen LogP contribution in [0.25, 0.3) is 0 Å². The summed E-state index contributed by atoms with van der Waals surface area (Å²) in [6, 6.07) is 2.61. The summed E-state index contributed by atoms with van der Waals surface area (Å²) < 4.78 is 5.85. The minimum Gasteiger partial charge on any atom is -0.378 e. The van der Waals surface area contributed by atoms with Crippen LogP contribution < -0.4 is 5.32 Å². The number of hydrogen-bond donors (Lipinski definition) is 1. The Bertz CT molecular complexity index is 500. The van der Waals surface area contributed by atoms with Crippen LogP contribution in [0.15, 0.2) is 6.07 Å². The van der Waals surface area contributed by atoms with Crippen LogP contribution >= 0.6 is 0 Å². The zero-order valence-corrected chi connectivity index (χ0v) is 12.1. The van der Waals surface area contributed by atoms with Gasteiger partial charge in [0.05, 0.1) is 6.10 Å². The van der Waals surface area contributed by atoms with Crippen LogP contribution in [-0.4, -0.2) is 28.7 Å². The Balaban J connectivity index is 1.52. The molecule has 3 fully saturated rings. The minimum absolute atomic E-state index is 0.479. The largest absolute Gasteiger partial charge is 0.378 e. The molecule has 108 valence electrons. The van der Waals surface area contributed by atoms with Crippen molar-refractivity contribution >= 4 is 5.82 Å². The van der Waals surface area contributed by atoms with E-state index in [0.29, 0.717) is 24.0 Å². The molecule has 1 N–H and O–H groups in total. The summed E-state index contributed by atoms with van der Waals surface area (Å²) in [6.45, 7) is 3.00. The molecule has 0 radical (unpaired) electrons. The summed E-state index contributed by atoms with van der Waals surface area (Å²) >= 11 is 0. The summed E-state index contributed by atoms with van der Waals surface area (Å²) in [4.78, 5) is 9.32. The number of aromatic nitrogens is 2. The average Bonchev–Trinajstić information content (AvgIpc) is 3.17. The fourth-order valence-electron chi connectivity index (χ4n) is 3.73. The Labute approximate surface area is 120 Å². The third-order valence-electron chi connectivity index (χ3n) is 4.93. The van der Waals surface area contributed by atoms with Crippen LogP contribution in [0.3, 0.4) is 0 Å². The van der Waals surface area contributed by atoms with Gasteiger partial charge in [0.15, 0.2) is 0 Å². The molecule has 3 atom stereocenters. The number of nitrogens with zero attached hydrogens (tertiary/aromatic N) is 2. The quantitative estimate of drug-likeness (QED) is 0.919. The van der Waals surface area contributed by atoms with E-state index in [1.165, 1.54) is 38.5 Å². The lowest BCUT2D eigenvalue weighted by Gasteiger charge is -2.33. The van der Waals surface area contributed by atoms with Gasteiger partial charge in [-0.25, -0.2) is 9.97 Å². The van der Waals surface area contributed by atoms with Crippen molar-refractivity contribution in [2.24, 2.45) is 5.92 Å². The molecule has 3 aliphatic rings. The zero-order chi connectivity index (χ0) is 13.5. The van der Waals surface area contributed by atoms with Crippen molar-refractivity contribution in [1.29, 1.82) is 0 Å². The van der Waals surface area contributed by atoms with E-state index in [-0.39, 0.29) is 0 Å². The molecule has 1 saturated heterocycles. The highest BCUT2D eigenvalue weighted by Gasteiger charge is 2.37. The molecule has 2 saturated carbocycles. The number of rotatable bonds is 3. The highest BCUT2D eigenvalue weighted by atomic mass is 16.5. The summed E-state index contributed by atoms with van der Waals surface area (Å²) in [5.74, 6) is 3.35. The van der Waals surface area contributed by atoms with E-state index >= 15 is 0 Å². The molecule has 20 heavy (non-hydrogen) atoms. The third-order valence-corrected chi connectivity index (χ3v) is 4.93. The highest BCUT2D eigenvalue weighted by molar-refractivity contribution is 5.38. The maximum atomic E-state index is 5.85. The predicted octanol–water partition coefficient (Wildman–Crippen LogP) is 3.03. The molecule has 1 aromatic rings. The van der Waals surface area contributed by atoms with Gasteiger partial charge in [0.25, 0.3) is 0 Å². The molecule has 0 aromatic carbocycles. The molecular weight excluding hydrogens is 250 g/mol. The van der Waals surface area contributed by atoms with Gasteiger partial charge >= 0.3 is 0 Å². The number of ether oxygens (including phenoxy) is 1. The van der Waals surface area contributed by atoms with Gasteiger partial charge in [-0.3, -0.25) is 0 Å². The fraction of sp³-hybridized carbons (Fsp3) is 0.750. The number of nitrogens with one attached hydrogen (secondary N) is 1. The predicted molar refractivity (Wildman–Crippen MR) is 77.9 cm³/mol. The summed E-state index contributed by atoms with van der Waals surface area (Å²) in [5.41, 5.74) is 1.08. The lowest BCUT2D eigenvalue weighted by Crippen LogP contribution is -2.38. The van der Waals surface area contributed by atoms with Gasteiger partial charge < -0.3 is 10.1 Å². The monoisotopic (exact) mass is 273 g/mol. The van der Waals surface area contributed by atoms with Crippen LogP contribution in [0.2, 0.25) is 0 Å². The standard InChI is InChI=1S/C16H23N3O/c1-10-9-15(19-16(17-10)11-5-6-11)18-13-3-2-4-14-12(13)7-8-20-14/h9,11-14H,2-8H2,1H3,(H,17,18,19)/t12-,13+,14-/m0/s1. The van der Waals surface area contributed by atoms with Crippen LogP contribution in [0.4, 0.5) is 5.82 Å². The number of anilines is 1. The molecule has 4 heteroatoms. The third kappa shape index (κ3) is 2.41. The Morgan fingerprint density at radius 1 is 1.15 bits per heavy atom. The van der Waals surface area contributed by atoms with Gasteiger partial charge in [-0.15, -0.1) is 0 Å². The maximum Gasteiger partial charge on any atom is 0.134 e. The number of fused-ring (bicyclic) bond motifs is 1. The van der Waals surface area contributed by atoms with E-state index in [1.807, 2.05) is 0 Å². The lowest BCUT2D eigenvalue weighted by atomic mass is 9.82. The van der Waals surface area contributed by atoms with E-state index in [4.69, 9.17) is 9.72 Å². The first kappa shape index (κ1) is 12.6. The van der Waals surface area contributed by atoms with Gasteiger partial charge in [0.2, 0.25) is 0 Å². The Kier molecular flexibility index (Phi) is 3.14. The average molecular weight is 273 g/mol. The van der Waals surface area contributed by atoms with Crippen molar-refractivity contribution in [3.63, 3.8) is 0 Å². The molecule has 2 aliphatic carbocycles. The Morgan fingerprint density at radius 3 is 2.90 bits per heavy atom. The maximum absolute atomic E-state index is 5.85. The SMILES string of the molecule is Cc1cc(N[C@@H]2CCC[C@@H]3OCC[C@H]32)nc(C2CC2)n1. The van der Waals surface area contributed by atoms with Crippen LogP contribution in [0, 0.1) is 12.8 Å². The minimum atomic E-state index is 0.479. The van der Waals surface area contributed by atoms with E-state index in [9.17, 15) is 0 Å². The van der Waals surface area contributed by atoms with E-state index < -0.39 is 0 Å². The number of hydrogen-bond acceptors (Lipinski definition) is 4. The molecule has 1 aliphatic heterocycles. The first-order chi connectivity index (χ1) is 9.79. The van der Waals surface area contributed by atoms with Crippen molar-refractivity contribution in [1.82, 2.24) is 9.97 Å². The molecular formula is C16H23N3O. The van der Waals surface area contributed by atoms with Gasteiger partial charge in [0, 0.05) is 36.2 Å². The second-order valence-corrected chi connectivity index (χ2v) is 6.57. The van der Waals surface area contributed by atoms with Gasteiger partial charge in [0.1, 0.15) is 11.6 Å². The van der Waals surface area contributed by atoms with Gasteiger partial charge in [-0.05, 0) is 45.4 Å². The summed E-state index contributed by atoms with van der Waals surface area (Å²) in [6.07, 6.45) is 7.92. The van der Waals surface area contributed by atoms with Gasteiger partial charge in [-0.1, -0.05) is 0 Å². The van der Waals surface area contributed by atoms with E-state index in [1.54, 1.807) is 0 Å². The van der Waals surface area contributed by atoms with Crippen molar-refractivity contribution < 1.29 is 4.74 Å². The molecule has 4 rings (SSSR count). The highest BCUT2D eigenvalue weighted by Crippen LogP contribution is 2.39. The zero-order valence-electron chi connectivity index (χ0n) is 12.1. The van der Waals surface area contributed by atoms with Crippen molar-refractivity contribution in [3.05, 3.63) is 17.6 Å². The van der Waals surface area contributed by atoms with Gasteiger partial charge in [-0.2, -0.15) is 0 Å². The first-order valence-corrected chi connectivity index (χ1v) is 8.03. The summed E-state index contributed by atoms with van der Waals surface area (Å²) in [7, 11) is 0. The molecule has 0 bridgehead atoms. The van der Waals surface area contributed by atoms with E-state index in [2.05, 4.69) is 23.3 Å². The fourth-order valence-corrected chi connectivity index (χ4v) is 3.73. The first-order valence-electron chi connectivity index (χ1n) is 8.03. The van der Waals surface area contributed by atoms with E-state index in [0.717, 1.165) is 23.9 Å². The van der Waals surface area contributed by atoms with Crippen molar-refractivity contribution in [2.45, 2.75) is 63.5 Å². The molecule has 1 aromatic heterocycles. The lowest BCUT2D eigenvalue weighted by molar-refractivity contribution is 0.0619. The van der Waals surface area contributed by atoms with Crippen LogP contribution in [0.1, 0.15) is 56.0 Å². The molecule has 0 unspecified atom stereocenters. The van der Waals surface area contributed by atoms with Crippen molar-refractivity contribution in [3.8, 4) is 0 Å². The topological polar surface area (TPSA) is 47.0 Å².